The molecule has 0 spiro atoms. The monoisotopic (exact) mass is 611 g/mol. The number of alkyl halides is 3. The molecule has 3 aromatic carbocycles. The van der Waals surface area contributed by atoms with E-state index in [4.69, 9.17) is 33.7 Å². The number of nitriles is 1. The first-order chi connectivity index (χ1) is 19.9. The van der Waals surface area contributed by atoms with Gasteiger partial charge in [-0.1, -0.05) is 53.0 Å². The van der Waals surface area contributed by atoms with E-state index in [2.05, 4.69) is 6.07 Å². The summed E-state index contributed by atoms with van der Waals surface area (Å²) in [6.45, 7) is 3.92. The average Bonchev–Trinajstić information content (AvgIpc) is 2.93. The quantitative estimate of drug-likeness (QED) is 0.313. The highest BCUT2D eigenvalue weighted by molar-refractivity contribution is 6.32. The molecule has 0 saturated heterocycles. The summed E-state index contributed by atoms with van der Waals surface area (Å²) in [7, 11) is 0. The number of rotatable bonds is 5. The van der Waals surface area contributed by atoms with Crippen LogP contribution < -0.4 is 15.4 Å². The van der Waals surface area contributed by atoms with Gasteiger partial charge in [-0.2, -0.15) is 18.4 Å². The summed E-state index contributed by atoms with van der Waals surface area (Å²) in [5.41, 5.74) is 9.02. The summed E-state index contributed by atoms with van der Waals surface area (Å²) in [4.78, 5) is 14.8. The number of carbonyl (C=O) groups is 1. The van der Waals surface area contributed by atoms with Gasteiger partial charge in [0, 0.05) is 22.7 Å². The van der Waals surface area contributed by atoms with Crippen LogP contribution in [0.4, 0.5) is 18.9 Å². The molecule has 216 valence electrons. The molecule has 0 fully saturated rings. The fourth-order valence-electron chi connectivity index (χ4n) is 5.73. The van der Waals surface area contributed by atoms with Gasteiger partial charge in [-0.25, -0.2) is 0 Å². The van der Waals surface area contributed by atoms with Crippen molar-refractivity contribution in [3.05, 3.63) is 115 Å². The number of allylic oxidation sites excluding steroid dienone is 3. The number of anilines is 1. The molecule has 1 aliphatic heterocycles. The number of Topliss-reactive ketones (excluding diaryl/α,β-unsaturated/α-hetero) is 1. The van der Waals surface area contributed by atoms with Crippen LogP contribution in [0.1, 0.15) is 53.0 Å². The standard InChI is InChI=1S/C32H26Cl2F3N3O2/c1-17-12-19(16-42-28-9-4-3-6-24(28)34)18(2)21(13-17)29-22(15-38)31(39)40(26-7-5-8-27(41)30(26)29)25-11-10-20(33)14-23(25)32(35,36)37/h3-4,6,9-14,29H,5,7-8,16,39H2,1-2H3. The van der Waals surface area contributed by atoms with Crippen molar-refractivity contribution in [1.29, 1.82) is 5.26 Å². The predicted octanol–water partition coefficient (Wildman–Crippen LogP) is 8.51. The second-order valence-corrected chi connectivity index (χ2v) is 11.2. The van der Waals surface area contributed by atoms with Crippen LogP contribution in [0.25, 0.3) is 0 Å². The Labute approximate surface area is 251 Å². The van der Waals surface area contributed by atoms with E-state index >= 15 is 0 Å². The fraction of sp³-hybridized carbons (Fsp3) is 0.250. The number of ether oxygens (including phenoxy) is 1. The lowest BCUT2D eigenvalue weighted by atomic mass is 9.73. The molecular weight excluding hydrogens is 586 g/mol. The van der Waals surface area contributed by atoms with Crippen LogP contribution in [0.15, 0.2) is 77.3 Å². The maximum absolute atomic E-state index is 14.2. The minimum atomic E-state index is -4.76. The van der Waals surface area contributed by atoms with Gasteiger partial charge in [0.05, 0.1) is 33.8 Å². The summed E-state index contributed by atoms with van der Waals surface area (Å²) >= 11 is 12.2. The number of halogens is 5. The van der Waals surface area contributed by atoms with Gasteiger partial charge >= 0.3 is 6.18 Å². The van der Waals surface area contributed by atoms with Crippen LogP contribution in [0, 0.1) is 25.2 Å². The highest BCUT2D eigenvalue weighted by Gasteiger charge is 2.44. The van der Waals surface area contributed by atoms with Crippen LogP contribution in [-0.4, -0.2) is 5.78 Å². The molecule has 1 atom stereocenters. The zero-order chi connectivity index (χ0) is 30.3. The van der Waals surface area contributed by atoms with Crippen LogP contribution in [-0.2, 0) is 17.6 Å². The van der Waals surface area contributed by atoms with E-state index in [0.29, 0.717) is 34.9 Å². The molecule has 5 rings (SSSR count). The van der Waals surface area contributed by atoms with Crippen molar-refractivity contribution in [3.63, 3.8) is 0 Å². The molecule has 2 N–H and O–H groups in total. The van der Waals surface area contributed by atoms with Crippen LogP contribution >= 0.6 is 23.2 Å². The molecule has 0 amide bonds. The second-order valence-electron chi connectivity index (χ2n) is 10.3. The van der Waals surface area contributed by atoms with Gasteiger partial charge in [-0.15, -0.1) is 0 Å². The second kappa shape index (κ2) is 11.4. The third-order valence-corrected chi connectivity index (χ3v) is 8.20. The number of hydrogen-bond acceptors (Lipinski definition) is 5. The molecule has 10 heteroatoms. The van der Waals surface area contributed by atoms with E-state index in [1.807, 2.05) is 32.0 Å². The topological polar surface area (TPSA) is 79.3 Å². The van der Waals surface area contributed by atoms with Gasteiger partial charge in [0.1, 0.15) is 18.2 Å². The first-order valence-corrected chi connectivity index (χ1v) is 14.0. The molecule has 42 heavy (non-hydrogen) atoms. The SMILES string of the molecule is Cc1cc(COc2ccccc2Cl)c(C)c(C2C(C#N)=C(N)N(c3ccc(Cl)cc3C(F)(F)F)C3=C2C(=O)CCC3)c1. The van der Waals surface area contributed by atoms with Crippen molar-refractivity contribution in [2.75, 3.05) is 4.90 Å². The Hall–Kier alpha value is -3.93. The summed E-state index contributed by atoms with van der Waals surface area (Å²) in [6.07, 6.45) is -3.80. The van der Waals surface area contributed by atoms with Crippen molar-refractivity contribution in [2.24, 2.45) is 5.73 Å². The third kappa shape index (κ3) is 5.35. The first kappa shape index (κ1) is 29.6. The lowest BCUT2D eigenvalue weighted by Gasteiger charge is -2.41. The molecule has 0 radical (unpaired) electrons. The molecule has 0 bridgehead atoms. The summed E-state index contributed by atoms with van der Waals surface area (Å²) in [5, 5.41) is 10.8. The highest BCUT2D eigenvalue weighted by Crippen LogP contribution is 2.50. The maximum Gasteiger partial charge on any atom is 0.418 e. The minimum absolute atomic E-state index is 0.00116. The zero-order valence-corrected chi connectivity index (χ0v) is 24.3. The number of ketones is 1. The Balaban J connectivity index is 1.69. The van der Waals surface area contributed by atoms with Gasteiger partial charge in [0.15, 0.2) is 5.78 Å². The molecule has 0 saturated carbocycles. The lowest BCUT2D eigenvalue weighted by Crippen LogP contribution is -2.39. The molecular formula is C32H26Cl2F3N3O2. The van der Waals surface area contributed by atoms with E-state index in [1.54, 1.807) is 18.2 Å². The normalized spacial score (nSPS) is 17.3. The predicted molar refractivity (Wildman–Crippen MR) is 156 cm³/mol. The Bertz CT molecular complexity index is 1710. The Morgan fingerprint density at radius 3 is 2.52 bits per heavy atom. The highest BCUT2D eigenvalue weighted by atomic mass is 35.5. The van der Waals surface area contributed by atoms with Crippen molar-refractivity contribution < 1.29 is 22.7 Å². The average molecular weight is 612 g/mol. The molecule has 3 aromatic rings. The molecule has 1 heterocycles. The molecule has 1 aliphatic carbocycles. The van der Waals surface area contributed by atoms with Crippen molar-refractivity contribution >= 4 is 34.7 Å². The molecule has 1 unspecified atom stereocenters. The maximum atomic E-state index is 14.2. The Kier molecular flexibility index (Phi) is 8.02. The van der Waals surface area contributed by atoms with E-state index in [1.165, 1.54) is 17.0 Å². The van der Waals surface area contributed by atoms with Crippen LogP contribution in [0.5, 0.6) is 5.75 Å². The van der Waals surface area contributed by atoms with Gasteiger partial charge in [0.2, 0.25) is 0 Å². The Morgan fingerprint density at radius 2 is 1.83 bits per heavy atom. The van der Waals surface area contributed by atoms with E-state index in [0.717, 1.165) is 22.8 Å². The Morgan fingerprint density at radius 1 is 1.10 bits per heavy atom. The van der Waals surface area contributed by atoms with Crippen LogP contribution in [0.3, 0.4) is 0 Å². The molecule has 0 aromatic heterocycles. The van der Waals surface area contributed by atoms with Gasteiger partial charge < -0.3 is 10.5 Å². The third-order valence-electron chi connectivity index (χ3n) is 7.65. The van der Waals surface area contributed by atoms with E-state index in [-0.39, 0.29) is 46.5 Å². The molecule has 2 aliphatic rings. The number of carbonyl (C=O) groups excluding carboxylic acids is 1. The summed E-state index contributed by atoms with van der Waals surface area (Å²) in [6, 6.07) is 16.4. The number of nitrogens with zero attached hydrogens (tertiary/aromatic N) is 2. The number of benzene rings is 3. The first-order valence-electron chi connectivity index (χ1n) is 13.2. The fourth-order valence-corrected chi connectivity index (χ4v) is 6.10. The van der Waals surface area contributed by atoms with Gasteiger partial charge in [-0.3, -0.25) is 9.69 Å². The largest absolute Gasteiger partial charge is 0.487 e. The van der Waals surface area contributed by atoms with Gasteiger partial charge in [0.25, 0.3) is 0 Å². The van der Waals surface area contributed by atoms with Gasteiger partial charge in [-0.05, 0) is 73.7 Å². The number of aryl methyl sites for hydroxylation is 1. The number of nitrogens with two attached hydrogens (primary N) is 1. The minimum Gasteiger partial charge on any atom is -0.487 e. The lowest BCUT2D eigenvalue weighted by molar-refractivity contribution is -0.137. The van der Waals surface area contributed by atoms with Crippen molar-refractivity contribution in [3.8, 4) is 11.8 Å². The van der Waals surface area contributed by atoms with Crippen molar-refractivity contribution in [2.45, 2.75) is 51.8 Å². The molecule has 5 nitrogen and oxygen atoms in total. The summed E-state index contributed by atoms with van der Waals surface area (Å²) in [5.74, 6) is -0.732. The van der Waals surface area contributed by atoms with E-state index < -0.39 is 17.7 Å². The van der Waals surface area contributed by atoms with Crippen LogP contribution in [0.2, 0.25) is 10.0 Å². The smallest absolute Gasteiger partial charge is 0.418 e. The number of para-hydroxylation sites is 1. The number of hydrogen-bond donors (Lipinski definition) is 1. The zero-order valence-electron chi connectivity index (χ0n) is 22.8. The van der Waals surface area contributed by atoms with E-state index in [9.17, 15) is 23.2 Å². The van der Waals surface area contributed by atoms with Crippen molar-refractivity contribution in [1.82, 2.24) is 0 Å². The summed E-state index contributed by atoms with van der Waals surface area (Å²) < 4.78 is 48.5.